The zero-order valence-corrected chi connectivity index (χ0v) is 12.7. The van der Waals surface area contributed by atoms with Gasteiger partial charge in [0.15, 0.2) is 0 Å². The Bertz CT molecular complexity index is 563. The van der Waals surface area contributed by atoms with Crippen LogP contribution in [0, 0.1) is 6.92 Å². The molecule has 2 rings (SSSR count). The first-order chi connectivity index (χ1) is 9.67. The summed E-state index contributed by atoms with van der Waals surface area (Å²) in [6, 6.07) is 8.45. The molecule has 1 atom stereocenters. The average molecular weight is 273 g/mol. The molecule has 0 aliphatic carbocycles. The van der Waals surface area contributed by atoms with E-state index in [2.05, 4.69) is 31.2 Å². The van der Waals surface area contributed by atoms with Gasteiger partial charge in [-0.15, -0.1) is 0 Å². The van der Waals surface area contributed by atoms with Crippen LogP contribution in [0.25, 0.3) is 5.69 Å². The van der Waals surface area contributed by atoms with Crippen LogP contribution in [-0.2, 0) is 6.54 Å². The van der Waals surface area contributed by atoms with E-state index in [1.165, 1.54) is 5.56 Å². The maximum Gasteiger partial charge on any atom is 0.144 e. The second kappa shape index (κ2) is 6.57. The number of nitrogens with one attached hydrogen (secondary N) is 1. The number of ether oxygens (including phenoxy) is 1. The molecule has 4 heteroatoms. The summed E-state index contributed by atoms with van der Waals surface area (Å²) >= 11 is 0. The van der Waals surface area contributed by atoms with E-state index in [0.29, 0.717) is 6.04 Å². The molecule has 108 valence electrons. The Morgan fingerprint density at radius 3 is 2.80 bits per heavy atom. The second-order valence-corrected chi connectivity index (χ2v) is 5.03. The quantitative estimate of drug-likeness (QED) is 0.879. The van der Waals surface area contributed by atoms with Crippen LogP contribution in [0.15, 0.2) is 30.5 Å². The van der Waals surface area contributed by atoms with Gasteiger partial charge in [-0.25, -0.2) is 4.68 Å². The third-order valence-corrected chi connectivity index (χ3v) is 3.68. The van der Waals surface area contributed by atoms with Crippen molar-refractivity contribution in [3.05, 3.63) is 41.7 Å². The number of hydrogen-bond donors (Lipinski definition) is 1. The zero-order valence-electron chi connectivity index (χ0n) is 12.7. The van der Waals surface area contributed by atoms with E-state index in [1.54, 1.807) is 7.11 Å². The van der Waals surface area contributed by atoms with Crippen LogP contribution in [0.2, 0.25) is 0 Å². The maximum atomic E-state index is 5.40. The Hall–Kier alpha value is -1.81. The minimum atomic E-state index is 0.518. The monoisotopic (exact) mass is 273 g/mol. The SMILES string of the molecule is CCC(C)NCc1cnn(-c2ccccc2OC)c1C. The molecule has 0 spiro atoms. The highest BCUT2D eigenvalue weighted by atomic mass is 16.5. The fourth-order valence-electron chi connectivity index (χ4n) is 2.09. The number of hydrogen-bond acceptors (Lipinski definition) is 3. The Morgan fingerprint density at radius 1 is 1.35 bits per heavy atom. The van der Waals surface area contributed by atoms with Gasteiger partial charge in [-0.2, -0.15) is 5.10 Å². The van der Waals surface area contributed by atoms with Crippen molar-refractivity contribution in [3.63, 3.8) is 0 Å². The number of rotatable bonds is 6. The predicted octanol–water partition coefficient (Wildman–Crippen LogP) is 3.08. The van der Waals surface area contributed by atoms with Gasteiger partial charge in [0.25, 0.3) is 0 Å². The molecule has 1 aromatic heterocycles. The third-order valence-electron chi connectivity index (χ3n) is 3.68. The number of benzene rings is 1. The van der Waals surface area contributed by atoms with Gasteiger partial charge in [0, 0.05) is 23.8 Å². The minimum absolute atomic E-state index is 0.518. The van der Waals surface area contributed by atoms with E-state index in [-0.39, 0.29) is 0 Å². The number of para-hydroxylation sites is 2. The molecule has 1 heterocycles. The fourth-order valence-corrected chi connectivity index (χ4v) is 2.09. The van der Waals surface area contributed by atoms with E-state index in [1.807, 2.05) is 35.1 Å². The van der Waals surface area contributed by atoms with Crippen LogP contribution in [0.3, 0.4) is 0 Å². The van der Waals surface area contributed by atoms with E-state index in [0.717, 1.165) is 30.1 Å². The van der Waals surface area contributed by atoms with Crippen molar-refractivity contribution in [2.24, 2.45) is 0 Å². The molecule has 0 bridgehead atoms. The molecular weight excluding hydrogens is 250 g/mol. The van der Waals surface area contributed by atoms with Crippen LogP contribution in [0.1, 0.15) is 31.5 Å². The number of methoxy groups -OCH3 is 1. The maximum absolute atomic E-state index is 5.40. The van der Waals surface area contributed by atoms with Crippen molar-refractivity contribution in [1.82, 2.24) is 15.1 Å². The minimum Gasteiger partial charge on any atom is -0.494 e. The molecule has 0 saturated heterocycles. The lowest BCUT2D eigenvalue weighted by atomic mass is 10.2. The molecule has 1 N–H and O–H groups in total. The van der Waals surface area contributed by atoms with Crippen LogP contribution in [-0.4, -0.2) is 22.9 Å². The smallest absolute Gasteiger partial charge is 0.144 e. The topological polar surface area (TPSA) is 39.1 Å². The Morgan fingerprint density at radius 2 is 2.10 bits per heavy atom. The van der Waals surface area contributed by atoms with Gasteiger partial charge in [-0.3, -0.25) is 0 Å². The largest absolute Gasteiger partial charge is 0.494 e. The fraction of sp³-hybridized carbons (Fsp3) is 0.438. The first kappa shape index (κ1) is 14.6. The van der Waals surface area contributed by atoms with Crippen molar-refractivity contribution in [3.8, 4) is 11.4 Å². The van der Waals surface area contributed by atoms with Crippen molar-refractivity contribution >= 4 is 0 Å². The normalized spacial score (nSPS) is 12.4. The molecule has 0 fully saturated rings. The Kier molecular flexibility index (Phi) is 4.79. The average Bonchev–Trinajstić information content (AvgIpc) is 2.85. The van der Waals surface area contributed by atoms with Gasteiger partial charge < -0.3 is 10.1 Å². The van der Waals surface area contributed by atoms with E-state index >= 15 is 0 Å². The van der Waals surface area contributed by atoms with Crippen molar-refractivity contribution < 1.29 is 4.74 Å². The zero-order chi connectivity index (χ0) is 14.5. The van der Waals surface area contributed by atoms with Crippen LogP contribution >= 0.6 is 0 Å². The van der Waals surface area contributed by atoms with Crippen molar-refractivity contribution in [2.45, 2.75) is 39.8 Å². The summed E-state index contributed by atoms with van der Waals surface area (Å²) < 4.78 is 7.34. The Balaban J connectivity index is 2.24. The van der Waals surface area contributed by atoms with Gasteiger partial charge in [-0.05, 0) is 32.4 Å². The van der Waals surface area contributed by atoms with Crippen LogP contribution in [0.4, 0.5) is 0 Å². The summed E-state index contributed by atoms with van der Waals surface area (Å²) in [5.74, 6) is 0.833. The van der Waals surface area contributed by atoms with Gasteiger partial charge in [0.2, 0.25) is 0 Å². The molecule has 0 amide bonds. The van der Waals surface area contributed by atoms with Crippen LogP contribution < -0.4 is 10.1 Å². The Labute approximate surface area is 120 Å². The van der Waals surface area contributed by atoms with E-state index in [9.17, 15) is 0 Å². The van der Waals surface area contributed by atoms with Gasteiger partial charge in [0.05, 0.1) is 13.3 Å². The van der Waals surface area contributed by atoms with E-state index in [4.69, 9.17) is 4.74 Å². The molecular formula is C16H23N3O. The molecule has 0 aliphatic heterocycles. The molecule has 2 aromatic rings. The molecule has 0 saturated carbocycles. The first-order valence-electron chi connectivity index (χ1n) is 7.07. The second-order valence-electron chi connectivity index (χ2n) is 5.03. The van der Waals surface area contributed by atoms with Gasteiger partial charge in [-0.1, -0.05) is 19.1 Å². The van der Waals surface area contributed by atoms with Gasteiger partial charge in [0.1, 0.15) is 11.4 Å². The first-order valence-corrected chi connectivity index (χ1v) is 7.07. The summed E-state index contributed by atoms with van der Waals surface area (Å²) in [6.07, 6.45) is 3.05. The van der Waals surface area contributed by atoms with Gasteiger partial charge >= 0.3 is 0 Å². The summed E-state index contributed by atoms with van der Waals surface area (Å²) in [4.78, 5) is 0. The summed E-state index contributed by atoms with van der Waals surface area (Å²) in [6.45, 7) is 7.31. The third kappa shape index (κ3) is 3.02. The standard InChI is InChI=1S/C16H23N3O/c1-5-12(2)17-10-14-11-18-19(13(14)3)15-8-6-7-9-16(15)20-4/h6-9,11-12,17H,5,10H2,1-4H3. The highest BCUT2D eigenvalue weighted by molar-refractivity contribution is 5.47. The molecule has 4 nitrogen and oxygen atoms in total. The predicted molar refractivity (Wildman–Crippen MR) is 81.4 cm³/mol. The lowest BCUT2D eigenvalue weighted by molar-refractivity contribution is 0.411. The number of nitrogens with zero attached hydrogens (tertiary/aromatic N) is 2. The summed E-state index contributed by atoms with van der Waals surface area (Å²) in [5, 5.41) is 7.99. The van der Waals surface area contributed by atoms with Crippen molar-refractivity contribution in [1.29, 1.82) is 0 Å². The summed E-state index contributed by atoms with van der Waals surface area (Å²) in [7, 11) is 1.68. The lowest BCUT2D eigenvalue weighted by Crippen LogP contribution is -2.24. The highest BCUT2D eigenvalue weighted by Gasteiger charge is 2.11. The van der Waals surface area contributed by atoms with Crippen LogP contribution in [0.5, 0.6) is 5.75 Å². The summed E-state index contributed by atoms with van der Waals surface area (Å²) in [5.41, 5.74) is 3.34. The molecule has 0 radical (unpaired) electrons. The number of aromatic nitrogens is 2. The molecule has 1 aromatic carbocycles. The molecule has 20 heavy (non-hydrogen) atoms. The van der Waals surface area contributed by atoms with Crippen molar-refractivity contribution in [2.75, 3.05) is 7.11 Å². The highest BCUT2D eigenvalue weighted by Crippen LogP contribution is 2.23. The molecule has 1 unspecified atom stereocenters. The van der Waals surface area contributed by atoms with E-state index < -0.39 is 0 Å². The molecule has 0 aliphatic rings. The lowest BCUT2D eigenvalue weighted by Gasteiger charge is -2.12.